The molecular weight excluding hydrogens is 476 g/mol. The molecule has 0 unspecified atom stereocenters. The van der Waals surface area contributed by atoms with Crippen LogP contribution in [0.15, 0.2) is 115 Å². The molecular formula is C32H24N2O4. The number of rotatable bonds is 0. The Balaban J connectivity index is 0.000000131. The standard InChI is InChI=1S/2C15H9NO2.C2H6/c2*17-15-10-6-2-1-5-9(10)14-13(16-15)11-7-3-4-8-12(11)18-14;1-2/h2*1-8H,(H,16,17);1-2H3. The molecule has 6 heteroatoms. The first kappa shape index (κ1) is 23.3. The van der Waals surface area contributed by atoms with Crippen LogP contribution in [-0.2, 0) is 0 Å². The average Bonchev–Trinajstić information content (AvgIpc) is 3.54. The maximum absolute atomic E-state index is 12.0. The van der Waals surface area contributed by atoms with Crippen LogP contribution in [0.4, 0.5) is 0 Å². The normalized spacial score (nSPS) is 11.1. The Bertz CT molecular complexity index is 2050. The van der Waals surface area contributed by atoms with Crippen LogP contribution in [0.3, 0.4) is 0 Å². The van der Waals surface area contributed by atoms with Crippen molar-refractivity contribution in [1.82, 2.24) is 9.97 Å². The smallest absolute Gasteiger partial charge is 0.256 e. The van der Waals surface area contributed by atoms with Crippen molar-refractivity contribution < 1.29 is 8.83 Å². The zero-order valence-electron chi connectivity index (χ0n) is 20.9. The predicted octanol–water partition coefficient (Wildman–Crippen LogP) is 7.88. The van der Waals surface area contributed by atoms with Crippen LogP contribution >= 0.6 is 0 Å². The number of fused-ring (bicyclic) bond motifs is 10. The van der Waals surface area contributed by atoms with Gasteiger partial charge in [-0.2, -0.15) is 0 Å². The lowest BCUT2D eigenvalue weighted by atomic mass is 10.1. The van der Waals surface area contributed by atoms with Crippen molar-refractivity contribution in [2.24, 2.45) is 0 Å². The number of nitrogens with one attached hydrogen (secondary N) is 2. The van der Waals surface area contributed by atoms with Gasteiger partial charge in [0.25, 0.3) is 11.1 Å². The summed E-state index contributed by atoms with van der Waals surface area (Å²) in [5, 5.41) is 4.90. The number of hydrogen-bond donors (Lipinski definition) is 2. The Morgan fingerprint density at radius 2 is 0.763 bits per heavy atom. The molecule has 38 heavy (non-hydrogen) atoms. The molecule has 8 rings (SSSR count). The molecule has 2 N–H and O–H groups in total. The highest BCUT2D eigenvalue weighted by Gasteiger charge is 2.13. The Morgan fingerprint density at radius 3 is 1.16 bits per heavy atom. The number of benzene rings is 4. The molecule has 186 valence electrons. The molecule has 4 aromatic heterocycles. The van der Waals surface area contributed by atoms with Crippen molar-refractivity contribution in [2.75, 3.05) is 0 Å². The first-order valence-corrected chi connectivity index (χ1v) is 12.5. The molecule has 0 aliphatic carbocycles. The van der Waals surface area contributed by atoms with Gasteiger partial charge in [-0.3, -0.25) is 9.59 Å². The van der Waals surface area contributed by atoms with E-state index in [-0.39, 0.29) is 11.1 Å². The minimum atomic E-state index is -0.0790. The Hall–Kier alpha value is -5.10. The van der Waals surface area contributed by atoms with Crippen LogP contribution in [0.25, 0.3) is 65.7 Å². The third-order valence-electron chi connectivity index (χ3n) is 6.50. The molecule has 0 saturated carbocycles. The number of aromatic nitrogens is 2. The monoisotopic (exact) mass is 500 g/mol. The second kappa shape index (κ2) is 9.41. The third-order valence-corrected chi connectivity index (χ3v) is 6.50. The largest absolute Gasteiger partial charge is 0.454 e. The van der Waals surface area contributed by atoms with Crippen molar-refractivity contribution in [3.05, 3.63) is 118 Å². The third kappa shape index (κ3) is 3.66. The molecule has 0 spiro atoms. The van der Waals surface area contributed by atoms with Crippen molar-refractivity contribution in [1.29, 1.82) is 0 Å². The van der Waals surface area contributed by atoms with Crippen LogP contribution in [0.5, 0.6) is 0 Å². The van der Waals surface area contributed by atoms with E-state index >= 15 is 0 Å². The number of para-hydroxylation sites is 2. The van der Waals surface area contributed by atoms with Gasteiger partial charge >= 0.3 is 0 Å². The first-order valence-electron chi connectivity index (χ1n) is 12.5. The van der Waals surface area contributed by atoms with Crippen molar-refractivity contribution in [3.63, 3.8) is 0 Å². The van der Waals surface area contributed by atoms with Gasteiger partial charge in [-0.25, -0.2) is 0 Å². The van der Waals surface area contributed by atoms with E-state index in [1.807, 2.05) is 98.8 Å². The number of H-pyrrole nitrogens is 2. The summed E-state index contributed by atoms with van der Waals surface area (Å²) in [5.41, 5.74) is 4.45. The second-order valence-electron chi connectivity index (χ2n) is 8.60. The summed E-state index contributed by atoms with van der Waals surface area (Å²) in [6.07, 6.45) is 0. The summed E-state index contributed by atoms with van der Waals surface area (Å²) in [7, 11) is 0. The Morgan fingerprint density at radius 1 is 0.447 bits per heavy atom. The maximum Gasteiger partial charge on any atom is 0.256 e. The Labute approximate surface area is 216 Å². The van der Waals surface area contributed by atoms with Gasteiger partial charge in [0.1, 0.15) is 11.2 Å². The van der Waals surface area contributed by atoms with Gasteiger partial charge in [-0.1, -0.05) is 74.5 Å². The van der Waals surface area contributed by atoms with E-state index in [0.29, 0.717) is 10.8 Å². The average molecular weight is 501 g/mol. The molecule has 4 heterocycles. The van der Waals surface area contributed by atoms with E-state index in [9.17, 15) is 9.59 Å². The topological polar surface area (TPSA) is 92.0 Å². The van der Waals surface area contributed by atoms with Gasteiger partial charge in [-0.05, 0) is 36.4 Å². The summed E-state index contributed by atoms with van der Waals surface area (Å²) in [4.78, 5) is 29.9. The molecule has 0 radical (unpaired) electrons. The zero-order chi connectivity index (χ0) is 26.2. The van der Waals surface area contributed by atoms with Crippen molar-refractivity contribution >= 4 is 65.7 Å². The van der Waals surface area contributed by atoms with Crippen molar-refractivity contribution in [3.8, 4) is 0 Å². The lowest BCUT2D eigenvalue weighted by Gasteiger charge is -1.96. The lowest BCUT2D eigenvalue weighted by molar-refractivity contribution is 0.671. The summed E-state index contributed by atoms with van der Waals surface area (Å²) in [5.74, 6) is 0. The van der Waals surface area contributed by atoms with Crippen LogP contribution in [0.1, 0.15) is 13.8 Å². The number of furan rings is 2. The van der Waals surface area contributed by atoms with E-state index < -0.39 is 0 Å². The maximum atomic E-state index is 12.0. The predicted molar refractivity (Wildman–Crippen MR) is 155 cm³/mol. The zero-order valence-corrected chi connectivity index (χ0v) is 20.9. The summed E-state index contributed by atoms with van der Waals surface area (Å²) in [6.45, 7) is 4.00. The molecule has 6 nitrogen and oxygen atoms in total. The summed E-state index contributed by atoms with van der Waals surface area (Å²) >= 11 is 0. The fourth-order valence-corrected chi connectivity index (χ4v) is 4.84. The van der Waals surface area contributed by atoms with Gasteiger partial charge in [0, 0.05) is 21.5 Å². The second-order valence-corrected chi connectivity index (χ2v) is 8.60. The molecule has 0 bridgehead atoms. The fraction of sp³-hybridized carbons (Fsp3) is 0.0625. The minimum absolute atomic E-state index is 0.0790. The van der Waals surface area contributed by atoms with Crippen LogP contribution in [0, 0.1) is 0 Å². The van der Waals surface area contributed by atoms with Gasteiger partial charge in [0.05, 0.1) is 21.8 Å². The van der Waals surface area contributed by atoms with Crippen molar-refractivity contribution in [2.45, 2.75) is 13.8 Å². The van der Waals surface area contributed by atoms with Crippen LogP contribution < -0.4 is 11.1 Å². The molecule has 0 saturated heterocycles. The van der Waals surface area contributed by atoms with Crippen LogP contribution in [0.2, 0.25) is 0 Å². The Kier molecular flexibility index (Phi) is 5.77. The summed E-state index contributed by atoms with van der Waals surface area (Å²) in [6, 6.07) is 30.4. The number of aromatic amines is 2. The first-order chi connectivity index (χ1) is 18.7. The molecule has 4 aromatic carbocycles. The van der Waals surface area contributed by atoms with E-state index in [2.05, 4.69) is 9.97 Å². The minimum Gasteiger partial charge on any atom is -0.454 e. The SMILES string of the molecule is CC.O=c1[nH]c2c3ccccc3oc2c2ccccc12.O=c1[nH]c2c3ccccc3oc2c2ccccc12. The number of hydrogen-bond acceptors (Lipinski definition) is 4. The highest BCUT2D eigenvalue weighted by molar-refractivity contribution is 6.13. The van der Waals surface area contributed by atoms with Gasteiger partial charge < -0.3 is 18.8 Å². The quantitative estimate of drug-likeness (QED) is 0.221. The molecule has 0 atom stereocenters. The molecule has 0 aliphatic heterocycles. The lowest BCUT2D eigenvalue weighted by Crippen LogP contribution is -2.05. The van der Waals surface area contributed by atoms with Gasteiger partial charge in [-0.15, -0.1) is 0 Å². The molecule has 8 aromatic rings. The molecule has 0 aliphatic rings. The van der Waals surface area contributed by atoms with E-state index in [1.54, 1.807) is 12.1 Å². The van der Waals surface area contributed by atoms with E-state index in [0.717, 1.165) is 54.9 Å². The molecule has 0 fully saturated rings. The van der Waals surface area contributed by atoms with E-state index in [4.69, 9.17) is 8.83 Å². The highest BCUT2D eigenvalue weighted by atomic mass is 16.3. The van der Waals surface area contributed by atoms with Gasteiger partial charge in [0.15, 0.2) is 11.2 Å². The fourth-order valence-electron chi connectivity index (χ4n) is 4.84. The number of pyridine rings is 2. The molecule has 0 amide bonds. The van der Waals surface area contributed by atoms with Gasteiger partial charge in [0.2, 0.25) is 0 Å². The van der Waals surface area contributed by atoms with Crippen LogP contribution in [-0.4, -0.2) is 9.97 Å². The van der Waals surface area contributed by atoms with E-state index in [1.165, 1.54) is 0 Å². The summed E-state index contributed by atoms with van der Waals surface area (Å²) < 4.78 is 11.7. The highest BCUT2D eigenvalue weighted by Crippen LogP contribution is 2.31.